The van der Waals surface area contributed by atoms with Crippen LogP contribution in [0.4, 0.5) is 0 Å². The highest BCUT2D eigenvalue weighted by Crippen LogP contribution is 2.16. The van der Waals surface area contributed by atoms with Gasteiger partial charge >= 0.3 is 0 Å². The smallest absolute Gasteiger partial charge is 0.222 e. The van der Waals surface area contributed by atoms with Crippen LogP contribution in [0.25, 0.3) is 0 Å². The minimum Gasteiger partial charge on any atom is -0.357 e. The molecule has 0 saturated carbocycles. The maximum atomic E-state index is 11.9. The molecule has 3 N–H and O–H groups in total. The Morgan fingerprint density at radius 2 is 1.97 bits per heavy atom. The van der Waals surface area contributed by atoms with Crippen LogP contribution in [0.2, 0.25) is 0 Å². The molecule has 2 unspecified atom stereocenters. The van der Waals surface area contributed by atoms with Crippen molar-refractivity contribution < 1.29 is 4.79 Å². The number of benzene rings is 1. The highest BCUT2D eigenvalue weighted by atomic mass is 127. The molecule has 1 aromatic carbocycles. The van der Waals surface area contributed by atoms with E-state index in [-0.39, 0.29) is 47.5 Å². The first-order valence-corrected chi connectivity index (χ1v) is 10.5. The van der Waals surface area contributed by atoms with E-state index in [0.29, 0.717) is 13.0 Å². The van der Waals surface area contributed by atoms with Crippen molar-refractivity contribution in [2.75, 3.05) is 26.2 Å². The summed E-state index contributed by atoms with van der Waals surface area (Å²) in [4.78, 5) is 18.6. The molecule has 1 amide bonds. The number of halogens is 1. The third-order valence-electron chi connectivity index (χ3n) is 5.07. The molecule has 164 valence electrons. The Balaban J connectivity index is 0.00000420. The number of nitrogens with zero attached hydrogens (tertiary/aromatic N) is 2. The zero-order chi connectivity index (χ0) is 20.6. The highest BCUT2D eigenvalue weighted by molar-refractivity contribution is 14.0. The molecule has 0 radical (unpaired) electrons. The molecule has 1 aliphatic rings. The number of amides is 1. The molecule has 7 heteroatoms. The summed E-state index contributed by atoms with van der Waals surface area (Å²) in [5.41, 5.74) is 1.13. The van der Waals surface area contributed by atoms with E-state index in [1.54, 1.807) is 0 Å². The summed E-state index contributed by atoms with van der Waals surface area (Å²) in [6.45, 7) is 13.6. The summed E-state index contributed by atoms with van der Waals surface area (Å²) < 4.78 is 0. The van der Waals surface area contributed by atoms with Gasteiger partial charge in [0.2, 0.25) is 5.91 Å². The zero-order valence-electron chi connectivity index (χ0n) is 18.5. The molecule has 0 bridgehead atoms. The predicted molar refractivity (Wildman–Crippen MR) is 132 cm³/mol. The molecule has 1 aromatic rings. The van der Waals surface area contributed by atoms with E-state index in [0.717, 1.165) is 32.0 Å². The normalized spacial score (nSPS) is 18.2. The number of carbonyl (C=O) groups excluding carboxylic acids is 1. The number of nitrogens with one attached hydrogen (secondary N) is 3. The second-order valence-corrected chi connectivity index (χ2v) is 8.18. The van der Waals surface area contributed by atoms with Crippen LogP contribution in [0.15, 0.2) is 35.3 Å². The van der Waals surface area contributed by atoms with Crippen molar-refractivity contribution in [1.29, 1.82) is 0 Å². The Morgan fingerprint density at radius 1 is 1.28 bits per heavy atom. The van der Waals surface area contributed by atoms with E-state index < -0.39 is 0 Å². The maximum Gasteiger partial charge on any atom is 0.222 e. The summed E-state index contributed by atoms with van der Waals surface area (Å²) >= 11 is 0. The van der Waals surface area contributed by atoms with Crippen LogP contribution in [-0.2, 0) is 4.79 Å². The van der Waals surface area contributed by atoms with E-state index in [9.17, 15) is 4.79 Å². The zero-order valence-corrected chi connectivity index (χ0v) is 20.8. The third-order valence-corrected chi connectivity index (χ3v) is 5.07. The van der Waals surface area contributed by atoms with Crippen molar-refractivity contribution in [3.63, 3.8) is 0 Å². The second kappa shape index (κ2) is 12.4. The van der Waals surface area contributed by atoms with Crippen molar-refractivity contribution in [3.05, 3.63) is 35.9 Å². The first-order valence-electron chi connectivity index (χ1n) is 10.5. The first-order chi connectivity index (χ1) is 13.3. The minimum atomic E-state index is -0.141. The van der Waals surface area contributed by atoms with Crippen molar-refractivity contribution in [2.24, 2.45) is 4.99 Å². The largest absolute Gasteiger partial charge is 0.357 e. The lowest BCUT2D eigenvalue weighted by atomic mass is 10.0. The SMILES string of the molecule is CCNC(=NCC(C)(C)NC(C)c1ccccc1)NC1CCN(C(=O)CC)C1.I. The van der Waals surface area contributed by atoms with Crippen molar-refractivity contribution in [2.45, 2.75) is 65.1 Å². The Hall–Kier alpha value is -1.35. The summed E-state index contributed by atoms with van der Waals surface area (Å²) in [5.74, 6) is 1.05. The van der Waals surface area contributed by atoms with Crippen molar-refractivity contribution in [1.82, 2.24) is 20.9 Å². The average Bonchev–Trinajstić information content (AvgIpc) is 3.14. The number of hydrogen-bond acceptors (Lipinski definition) is 3. The topological polar surface area (TPSA) is 68.8 Å². The summed E-state index contributed by atoms with van der Waals surface area (Å²) in [7, 11) is 0. The van der Waals surface area contributed by atoms with Gasteiger partial charge in [-0.25, -0.2) is 0 Å². The lowest BCUT2D eigenvalue weighted by Crippen LogP contribution is -2.48. The number of carbonyl (C=O) groups is 1. The Labute approximate surface area is 193 Å². The van der Waals surface area contributed by atoms with Gasteiger partial charge in [-0.15, -0.1) is 24.0 Å². The van der Waals surface area contributed by atoms with Gasteiger partial charge in [0.15, 0.2) is 5.96 Å². The molecule has 2 rings (SSSR count). The lowest BCUT2D eigenvalue weighted by Gasteiger charge is -2.29. The van der Waals surface area contributed by atoms with Crippen LogP contribution in [-0.4, -0.2) is 54.5 Å². The number of aliphatic imine (C=N–C) groups is 1. The fraction of sp³-hybridized carbons (Fsp3) is 0.636. The van der Waals surface area contributed by atoms with Gasteiger partial charge in [-0.05, 0) is 39.7 Å². The van der Waals surface area contributed by atoms with Gasteiger partial charge < -0.3 is 20.9 Å². The van der Waals surface area contributed by atoms with Gasteiger partial charge in [-0.1, -0.05) is 37.3 Å². The molecule has 1 aliphatic heterocycles. The Kier molecular flexibility index (Phi) is 11.0. The van der Waals surface area contributed by atoms with Gasteiger partial charge in [-0.2, -0.15) is 0 Å². The van der Waals surface area contributed by atoms with Crippen LogP contribution in [0, 0.1) is 0 Å². The minimum absolute atomic E-state index is 0. The van der Waals surface area contributed by atoms with E-state index in [1.807, 2.05) is 17.9 Å². The molecule has 0 spiro atoms. The molecule has 1 saturated heterocycles. The van der Waals surface area contributed by atoms with Crippen LogP contribution in [0.5, 0.6) is 0 Å². The standard InChI is InChI=1S/C22H37N5O.HI/c1-6-20(28)27-14-13-19(15-27)25-21(23-7-2)24-16-22(4,5)26-17(3)18-11-9-8-10-12-18;/h8-12,17,19,26H,6-7,13-16H2,1-5H3,(H2,23,24,25);1H. The molecule has 1 heterocycles. The molecular weight excluding hydrogens is 477 g/mol. The van der Waals surface area contributed by atoms with Crippen LogP contribution in [0.3, 0.4) is 0 Å². The molecule has 29 heavy (non-hydrogen) atoms. The van der Waals surface area contributed by atoms with Gasteiger partial charge in [0.25, 0.3) is 0 Å². The Morgan fingerprint density at radius 3 is 2.59 bits per heavy atom. The van der Waals surface area contributed by atoms with E-state index >= 15 is 0 Å². The second-order valence-electron chi connectivity index (χ2n) is 8.18. The fourth-order valence-corrected chi connectivity index (χ4v) is 3.58. The first kappa shape index (κ1) is 25.7. The summed E-state index contributed by atoms with van der Waals surface area (Å²) in [6.07, 6.45) is 1.53. The van der Waals surface area contributed by atoms with E-state index in [1.165, 1.54) is 5.56 Å². The molecule has 0 aliphatic carbocycles. The quantitative estimate of drug-likeness (QED) is 0.283. The average molecular weight is 515 g/mol. The number of likely N-dealkylation sites (tertiary alicyclic amines) is 1. The molecule has 0 aromatic heterocycles. The third kappa shape index (κ3) is 8.50. The van der Waals surface area contributed by atoms with E-state index in [2.05, 4.69) is 67.9 Å². The predicted octanol–water partition coefficient (Wildman–Crippen LogP) is 3.30. The Bertz CT molecular complexity index is 650. The number of rotatable bonds is 8. The molecule has 2 atom stereocenters. The van der Waals surface area contributed by atoms with Crippen LogP contribution >= 0.6 is 24.0 Å². The molecule has 6 nitrogen and oxygen atoms in total. The molecule has 1 fully saturated rings. The summed E-state index contributed by atoms with van der Waals surface area (Å²) in [6, 6.07) is 11.0. The lowest BCUT2D eigenvalue weighted by molar-refractivity contribution is -0.129. The van der Waals surface area contributed by atoms with E-state index in [4.69, 9.17) is 4.99 Å². The fourth-order valence-electron chi connectivity index (χ4n) is 3.58. The van der Waals surface area contributed by atoms with Crippen molar-refractivity contribution >= 4 is 35.8 Å². The van der Waals surface area contributed by atoms with Gasteiger partial charge in [-0.3, -0.25) is 9.79 Å². The maximum absolute atomic E-state index is 11.9. The highest BCUT2D eigenvalue weighted by Gasteiger charge is 2.26. The molecular formula is C22H38IN5O. The number of hydrogen-bond donors (Lipinski definition) is 3. The van der Waals surface area contributed by atoms with Crippen LogP contribution < -0.4 is 16.0 Å². The van der Waals surface area contributed by atoms with Gasteiger partial charge in [0, 0.05) is 43.7 Å². The van der Waals surface area contributed by atoms with Crippen molar-refractivity contribution in [3.8, 4) is 0 Å². The van der Waals surface area contributed by atoms with Gasteiger partial charge in [0.1, 0.15) is 0 Å². The van der Waals surface area contributed by atoms with Gasteiger partial charge in [0.05, 0.1) is 6.54 Å². The van der Waals surface area contributed by atoms with Crippen LogP contribution in [0.1, 0.15) is 59.1 Å². The number of guanidine groups is 1. The summed E-state index contributed by atoms with van der Waals surface area (Å²) in [5, 5.41) is 10.5. The monoisotopic (exact) mass is 515 g/mol.